The van der Waals surface area contributed by atoms with Crippen LogP contribution in [0.4, 0.5) is 0 Å². The van der Waals surface area contributed by atoms with Crippen molar-refractivity contribution in [3.63, 3.8) is 0 Å². The van der Waals surface area contributed by atoms with Crippen LogP contribution >= 0.6 is 0 Å². The molecule has 17 heavy (non-hydrogen) atoms. The minimum absolute atomic E-state index is 0.146. The van der Waals surface area contributed by atoms with Gasteiger partial charge in [-0.25, -0.2) is 4.79 Å². The topological polar surface area (TPSA) is 116 Å². The summed E-state index contributed by atoms with van der Waals surface area (Å²) in [5, 5.41) is 21.4. The number of nitrogens with zero attached hydrogens (tertiary/aromatic N) is 1. The normalized spacial score (nSPS) is 17.4. The summed E-state index contributed by atoms with van der Waals surface area (Å²) in [5.74, 6) is -0.665. The fourth-order valence-corrected chi connectivity index (χ4v) is 1.86. The van der Waals surface area contributed by atoms with Gasteiger partial charge < -0.3 is 16.2 Å². The summed E-state index contributed by atoms with van der Waals surface area (Å²) in [4.78, 5) is 10.8. The van der Waals surface area contributed by atoms with E-state index in [0.29, 0.717) is 12.3 Å². The van der Waals surface area contributed by atoms with E-state index in [-0.39, 0.29) is 5.69 Å². The predicted molar refractivity (Wildman–Crippen MR) is 64.2 cm³/mol. The van der Waals surface area contributed by atoms with Gasteiger partial charge in [0, 0.05) is 11.3 Å². The zero-order valence-corrected chi connectivity index (χ0v) is 9.60. The Labute approximate surface area is 99.0 Å². The second kappa shape index (κ2) is 5.83. The van der Waals surface area contributed by atoms with Gasteiger partial charge in [-0.15, -0.1) is 0 Å². The summed E-state index contributed by atoms with van der Waals surface area (Å²) in [6.45, 7) is 1.67. The van der Waals surface area contributed by atoms with Crippen molar-refractivity contribution in [3.05, 3.63) is 29.2 Å². The van der Waals surface area contributed by atoms with Crippen LogP contribution in [0, 0.1) is 11.3 Å². The molecule has 1 unspecified atom stereocenters. The standard InChI is InChI=1S/C9H11N3O2.C2H5N/c10-2-1-5-3-6-7(4-5)11-12-8(6)9(13)14;1-2-3/h1-2,5H,3-4,10H2,(H,11,12)(H,13,14);2-3H,1H3/b2-1+;. The Morgan fingerprint density at radius 3 is 2.82 bits per heavy atom. The number of hydrogen-bond donors (Lipinski definition) is 4. The molecule has 0 aromatic carbocycles. The third-order valence-electron chi connectivity index (χ3n) is 2.47. The minimum Gasteiger partial charge on any atom is -0.476 e. The molecular weight excluding hydrogens is 220 g/mol. The van der Waals surface area contributed by atoms with Crippen LogP contribution in [-0.4, -0.2) is 27.5 Å². The van der Waals surface area contributed by atoms with E-state index >= 15 is 0 Å². The van der Waals surface area contributed by atoms with Gasteiger partial charge in [0.05, 0.1) is 0 Å². The molecule has 5 N–H and O–H groups in total. The summed E-state index contributed by atoms with van der Waals surface area (Å²) in [6, 6.07) is 0. The lowest BCUT2D eigenvalue weighted by atomic mass is 10.1. The highest BCUT2D eigenvalue weighted by molar-refractivity contribution is 5.87. The van der Waals surface area contributed by atoms with Gasteiger partial charge in [0.15, 0.2) is 5.69 Å². The first-order chi connectivity index (χ1) is 8.13. The molecule has 1 aliphatic carbocycles. The Bertz CT molecular complexity index is 437. The number of nitrogens with one attached hydrogen (secondary N) is 2. The maximum absolute atomic E-state index is 10.8. The van der Waals surface area contributed by atoms with Crippen LogP contribution in [-0.2, 0) is 12.8 Å². The largest absolute Gasteiger partial charge is 0.476 e. The number of rotatable bonds is 2. The number of nitrogens with two attached hydrogens (primary N) is 1. The highest BCUT2D eigenvalue weighted by atomic mass is 16.4. The smallest absolute Gasteiger partial charge is 0.356 e. The van der Waals surface area contributed by atoms with Crippen LogP contribution in [0.15, 0.2) is 12.3 Å². The number of H-pyrrole nitrogens is 1. The molecule has 2 rings (SSSR count). The molecule has 1 aliphatic rings. The lowest BCUT2D eigenvalue weighted by Crippen LogP contribution is -2.03. The van der Waals surface area contributed by atoms with Crippen molar-refractivity contribution >= 4 is 12.2 Å². The average molecular weight is 236 g/mol. The van der Waals surface area contributed by atoms with E-state index < -0.39 is 5.97 Å². The Balaban J connectivity index is 0.000000437. The van der Waals surface area contributed by atoms with Crippen LogP contribution in [0.3, 0.4) is 0 Å². The SMILES string of the molecule is CC=N.N/C=C/C1Cc2[nH]nc(C(=O)O)c2C1. The first-order valence-electron chi connectivity index (χ1n) is 5.26. The van der Waals surface area contributed by atoms with Crippen LogP contribution in [0.2, 0.25) is 0 Å². The van der Waals surface area contributed by atoms with Crippen molar-refractivity contribution in [1.29, 1.82) is 5.41 Å². The number of carbonyl (C=O) groups is 1. The summed E-state index contributed by atoms with van der Waals surface area (Å²) in [7, 11) is 0. The number of aromatic carboxylic acids is 1. The molecule has 0 saturated heterocycles. The summed E-state index contributed by atoms with van der Waals surface area (Å²) < 4.78 is 0. The van der Waals surface area contributed by atoms with Crippen molar-refractivity contribution in [2.45, 2.75) is 19.8 Å². The van der Waals surface area contributed by atoms with Gasteiger partial charge in [-0.05, 0) is 38.1 Å². The average Bonchev–Trinajstić information content (AvgIpc) is 2.77. The summed E-state index contributed by atoms with van der Waals surface area (Å²) in [6.07, 6.45) is 6.15. The summed E-state index contributed by atoms with van der Waals surface area (Å²) in [5.41, 5.74) is 7.18. The zero-order valence-electron chi connectivity index (χ0n) is 9.60. The Kier molecular flexibility index (Phi) is 4.45. The summed E-state index contributed by atoms with van der Waals surface area (Å²) >= 11 is 0. The second-order valence-electron chi connectivity index (χ2n) is 3.68. The van der Waals surface area contributed by atoms with Crippen molar-refractivity contribution in [2.24, 2.45) is 11.7 Å². The molecule has 0 saturated carbocycles. The third kappa shape index (κ3) is 2.93. The van der Waals surface area contributed by atoms with Crippen LogP contribution in [0.25, 0.3) is 0 Å². The van der Waals surface area contributed by atoms with E-state index in [1.807, 2.05) is 6.08 Å². The Hall–Kier alpha value is -2.11. The Morgan fingerprint density at radius 1 is 1.65 bits per heavy atom. The molecule has 1 atom stereocenters. The molecule has 92 valence electrons. The number of aromatic nitrogens is 2. The van der Waals surface area contributed by atoms with E-state index in [1.165, 1.54) is 12.4 Å². The number of fused-ring (bicyclic) bond motifs is 1. The molecule has 1 aromatic heterocycles. The molecule has 6 nitrogen and oxygen atoms in total. The molecule has 0 radical (unpaired) electrons. The number of carboxylic acid groups (broad SMARTS) is 1. The van der Waals surface area contributed by atoms with Gasteiger partial charge in [-0.2, -0.15) is 5.10 Å². The first kappa shape index (κ1) is 13.0. The molecule has 0 fully saturated rings. The quantitative estimate of drug-likeness (QED) is 0.572. The molecule has 6 heteroatoms. The van der Waals surface area contributed by atoms with Crippen LogP contribution < -0.4 is 5.73 Å². The highest BCUT2D eigenvalue weighted by Gasteiger charge is 2.27. The van der Waals surface area contributed by atoms with Gasteiger partial charge in [0.25, 0.3) is 0 Å². The minimum atomic E-state index is -0.972. The Morgan fingerprint density at radius 2 is 2.29 bits per heavy atom. The van der Waals surface area contributed by atoms with Gasteiger partial charge >= 0.3 is 5.97 Å². The number of aromatic amines is 1. The lowest BCUT2D eigenvalue weighted by Gasteiger charge is -1.99. The van der Waals surface area contributed by atoms with E-state index in [2.05, 4.69) is 10.2 Å². The molecule has 1 heterocycles. The zero-order chi connectivity index (χ0) is 12.8. The molecule has 1 aromatic rings. The third-order valence-corrected chi connectivity index (χ3v) is 2.47. The maximum Gasteiger partial charge on any atom is 0.356 e. The van der Waals surface area contributed by atoms with Gasteiger partial charge in [-0.1, -0.05) is 6.08 Å². The van der Waals surface area contributed by atoms with E-state index in [1.54, 1.807) is 6.92 Å². The number of hydrogen-bond acceptors (Lipinski definition) is 4. The molecule has 0 aliphatic heterocycles. The van der Waals surface area contributed by atoms with Crippen molar-refractivity contribution in [1.82, 2.24) is 10.2 Å². The molecule has 0 bridgehead atoms. The monoisotopic (exact) mass is 236 g/mol. The van der Waals surface area contributed by atoms with E-state index in [0.717, 1.165) is 17.7 Å². The first-order valence-corrected chi connectivity index (χ1v) is 5.26. The van der Waals surface area contributed by atoms with E-state index in [9.17, 15) is 4.79 Å². The van der Waals surface area contributed by atoms with Crippen LogP contribution in [0.1, 0.15) is 28.7 Å². The van der Waals surface area contributed by atoms with Crippen LogP contribution in [0.5, 0.6) is 0 Å². The molecular formula is C11H16N4O2. The van der Waals surface area contributed by atoms with Gasteiger partial charge in [0.2, 0.25) is 0 Å². The van der Waals surface area contributed by atoms with Gasteiger partial charge in [-0.3, -0.25) is 5.10 Å². The lowest BCUT2D eigenvalue weighted by molar-refractivity contribution is 0.0689. The highest BCUT2D eigenvalue weighted by Crippen LogP contribution is 2.28. The van der Waals surface area contributed by atoms with Crippen molar-refractivity contribution < 1.29 is 9.90 Å². The fourth-order valence-electron chi connectivity index (χ4n) is 1.86. The second-order valence-corrected chi connectivity index (χ2v) is 3.68. The maximum atomic E-state index is 10.8. The van der Waals surface area contributed by atoms with Gasteiger partial charge in [0.1, 0.15) is 0 Å². The molecule has 0 spiro atoms. The molecule has 0 amide bonds. The van der Waals surface area contributed by atoms with Crippen molar-refractivity contribution in [2.75, 3.05) is 0 Å². The van der Waals surface area contributed by atoms with E-state index in [4.69, 9.17) is 16.2 Å². The predicted octanol–water partition coefficient (Wildman–Crippen LogP) is 0.951. The number of carboxylic acids is 1. The number of allylic oxidation sites excluding steroid dienone is 1. The fraction of sp³-hybridized carbons (Fsp3) is 0.364. The van der Waals surface area contributed by atoms with Crippen molar-refractivity contribution in [3.8, 4) is 0 Å².